The zero-order valence-electron chi connectivity index (χ0n) is 9.49. The summed E-state index contributed by atoms with van der Waals surface area (Å²) in [5, 5.41) is 2.53. The third kappa shape index (κ3) is 2.35. The van der Waals surface area contributed by atoms with Gasteiger partial charge in [-0.2, -0.15) is 0 Å². The van der Waals surface area contributed by atoms with Crippen molar-refractivity contribution in [3.05, 3.63) is 45.8 Å². The van der Waals surface area contributed by atoms with Crippen LogP contribution in [0, 0.1) is 6.92 Å². The van der Waals surface area contributed by atoms with E-state index in [2.05, 4.69) is 0 Å². The van der Waals surface area contributed by atoms with Gasteiger partial charge in [0, 0.05) is 15.3 Å². The fourth-order valence-corrected chi connectivity index (χ4v) is 2.81. The molecule has 0 saturated heterocycles. The molecule has 2 rings (SSSR count). The van der Waals surface area contributed by atoms with Crippen LogP contribution in [0.2, 0.25) is 5.02 Å². The van der Waals surface area contributed by atoms with Crippen LogP contribution in [0.4, 0.5) is 0 Å². The van der Waals surface area contributed by atoms with Gasteiger partial charge in [0.25, 0.3) is 0 Å². The molecule has 0 fully saturated rings. The van der Waals surface area contributed by atoms with Gasteiger partial charge in [0.2, 0.25) is 0 Å². The summed E-state index contributed by atoms with van der Waals surface area (Å²) < 4.78 is 4.73. The highest BCUT2D eigenvalue weighted by Gasteiger charge is 2.15. The summed E-state index contributed by atoms with van der Waals surface area (Å²) in [5.74, 6) is -0.293. The molecule has 0 aliphatic carbocycles. The van der Waals surface area contributed by atoms with Crippen LogP contribution >= 0.6 is 22.9 Å². The average Bonchev–Trinajstić information content (AvgIpc) is 2.71. The quantitative estimate of drug-likeness (QED) is 0.763. The summed E-state index contributed by atoms with van der Waals surface area (Å²) in [6.07, 6.45) is 0. The minimum atomic E-state index is -0.293. The lowest BCUT2D eigenvalue weighted by atomic mass is 10.1. The molecule has 0 amide bonds. The third-order valence-electron chi connectivity index (χ3n) is 2.55. The van der Waals surface area contributed by atoms with Gasteiger partial charge in [-0.3, -0.25) is 0 Å². The number of methoxy groups -OCH3 is 1. The van der Waals surface area contributed by atoms with E-state index in [1.165, 1.54) is 18.4 Å². The van der Waals surface area contributed by atoms with Crippen molar-refractivity contribution >= 4 is 28.9 Å². The van der Waals surface area contributed by atoms with Crippen LogP contribution in [-0.4, -0.2) is 13.1 Å². The van der Waals surface area contributed by atoms with Crippen molar-refractivity contribution in [2.75, 3.05) is 7.11 Å². The molecular weight excluding hydrogens is 256 g/mol. The highest BCUT2D eigenvalue weighted by molar-refractivity contribution is 7.14. The Bertz CT molecular complexity index is 543. The number of hydrogen-bond donors (Lipinski definition) is 0. The van der Waals surface area contributed by atoms with Crippen LogP contribution in [0.1, 0.15) is 15.9 Å². The Balaban J connectivity index is 2.44. The Morgan fingerprint density at radius 1 is 1.29 bits per heavy atom. The molecule has 4 heteroatoms. The van der Waals surface area contributed by atoms with Crippen LogP contribution in [0.15, 0.2) is 29.6 Å². The largest absolute Gasteiger partial charge is 0.465 e. The van der Waals surface area contributed by atoms with Gasteiger partial charge < -0.3 is 4.74 Å². The summed E-state index contributed by atoms with van der Waals surface area (Å²) in [6, 6.07) is 7.58. The predicted octanol–water partition coefficient (Wildman–Crippen LogP) is 4.16. The fraction of sp³-hybridized carbons (Fsp3) is 0.154. The minimum Gasteiger partial charge on any atom is -0.465 e. The summed E-state index contributed by atoms with van der Waals surface area (Å²) in [7, 11) is 1.39. The van der Waals surface area contributed by atoms with Gasteiger partial charge in [0.15, 0.2) is 0 Å². The van der Waals surface area contributed by atoms with Crippen molar-refractivity contribution in [1.82, 2.24) is 0 Å². The maximum Gasteiger partial charge on any atom is 0.338 e. The second-order valence-corrected chi connectivity index (χ2v) is 4.92. The Labute approximate surface area is 109 Å². The molecule has 0 aliphatic rings. The van der Waals surface area contributed by atoms with Crippen molar-refractivity contribution < 1.29 is 9.53 Å². The molecule has 0 bridgehead atoms. The summed E-state index contributed by atoms with van der Waals surface area (Å²) in [6.45, 7) is 1.92. The molecule has 1 aromatic heterocycles. The van der Waals surface area contributed by atoms with E-state index in [0.717, 1.165) is 16.0 Å². The van der Waals surface area contributed by atoms with Gasteiger partial charge in [-0.25, -0.2) is 4.79 Å². The molecule has 0 spiro atoms. The van der Waals surface area contributed by atoms with Gasteiger partial charge in [-0.05, 0) is 30.2 Å². The van der Waals surface area contributed by atoms with E-state index < -0.39 is 0 Å². The average molecular weight is 267 g/mol. The van der Waals surface area contributed by atoms with Crippen molar-refractivity contribution in [3.8, 4) is 10.4 Å². The number of carbonyl (C=O) groups excluding carboxylic acids is 1. The lowest BCUT2D eigenvalue weighted by molar-refractivity contribution is 0.0600. The molecule has 88 valence electrons. The van der Waals surface area contributed by atoms with E-state index >= 15 is 0 Å². The number of rotatable bonds is 2. The highest BCUT2D eigenvalue weighted by Crippen LogP contribution is 2.33. The van der Waals surface area contributed by atoms with E-state index in [-0.39, 0.29) is 5.97 Å². The standard InChI is InChI=1S/C13H11ClO2S/c1-8-11(13(15)16-2)7-17-12(8)9-3-5-10(14)6-4-9/h3-7H,1-2H3. The molecule has 0 unspecified atom stereocenters. The van der Waals surface area contributed by atoms with Crippen molar-refractivity contribution in [3.63, 3.8) is 0 Å². The predicted molar refractivity (Wildman–Crippen MR) is 70.8 cm³/mol. The molecule has 1 heterocycles. The topological polar surface area (TPSA) is 26.3 Å². The molecule has 0 saturated carbocycles. The number of benzene rings is 1. The Kier molecular flexibility index (Phi) is 3.50. The summed E-state index contributed by atoms with van der Waals surface area (Å²) >= 11 is 7.38. The molecule has 1 aromatic carbocycles. The normalized spacial score (nSPS) is 10.3. The number of halogens is 1. The lowest BCUT2D eigenvalue weighted by Crippen LogP contribution is -2.01. The van der Waals surface area contributed by atoms with E-state index in [1.807, 2.05) is 36.6 Å². The fourth-order valence-electron chi connectivity index (χ4n) is 1.61. The minimum absolute atomic E-state index is 0.293. The van der Waals surface area contributed by atoms with Crippen molar-refractivity contribution in [2.24, 2.45) is 0 Å². The zero-order valence-corrected chi connectivity index (χ0v) is 11.1. The first-order valence-corrected chi connectivity index (χ1v) is 6.31. The molecular formula is C13H11ClO2S. The molecule has 17 heavy (non-hydrogen) atoms. The van der Waals surface area contributed by atoms with Crippen LogP contribution < -0.4 is 0 Å². The van der Waals surface area contributed by atoms with Gasteiger partial charge in [-0.15, -0.1) is 11.3 Å². The number of hydrogen-bond acceptors (Lipinski definition) is 3. The first kappa shape index (κ1) is 12.1. The van der Waals surface area contributed by atoms with E-state index in [0.29, 0.717) is 10.6 Å². The SMILES string of the molecule is COC(=O)c1csc(-c2ccc(Cl)cc2)c1C. The van der Waals surface area contributed by atoms with Crippen LogP contribution in [0.3, 0.4) is 0 Å². The molecule has 0 aliphatic heterocycles. The summed E-state index contributed by atoms with van der Waals surface area (Å²) in [4.78, 5) is 12.6. The number of esters is 1. The second-order valence-electron chi connectivity index (χ2n) is 3.60. The van der Waals surface area contributed by atoms with Crippen LogP contribution in [0.5, 0.6) is 0 Å². The monoisotopic (exact) mass is 266 g/mol. The molecule has 0 atom stereocenters. The van der Waals surface area contributed by atoms with Gasteiger partial charge in [0.1, 0.15) is 0 Å². The highest BCUT2D eigenvalue weighted by atomic mass is 35.5. The first-order chi connectivity index (χ1) is 8.13. The second kappa shape index (κ2) is 4.90. The molecule has 0 N–H and O–H groups in total. The number of ether oxygens (including phenoxy) is 1. The lowest BCUT2D eigenvalue weighted by Gasteiger charge is -2.01. The first-order valence-electron chi connectivity index (χ1n) is 5.06. The Morgan fingerprint density at radius 3 is 2.53 bits per heavy atom. The van der Waals surface area contributed by atoms with Gasteiger partial charge >= 0.3 is 5.97 Å². The van der Waals surface area contributed by atoms with Crippen molar-refractivity contribution in [2.45, 2.75) is 6.92 Å². The van der Waals surface area contributed by atoms with E-state index in [9.17, 15) is 4.79 Å². The number of carbonyl (C=O) groups is 1. The van der Waals surface area contributed by atoms with E-state index in [4.69, 9.17) is 16.3 Å². The molecule has 0 radical (unpaired) electrons. The Hall–Kier alpha value is -1.32. The van der Waals surface area contributed by atoms with Crippen molar-refractivity contribution in [1.29, 1.82) is 0 Å². The van der Waals surface area contributed by atoms with Crippen LogP contribution in [-0.2, 0) is 4.74 Å². The molecule has 2 aromatic rings. The maximum absolute atomic E-state index is 11.5. The Morgan fingerprint density at radius 2 is 1.94 bits per heavy atom. The molecule has 2 nitrogen and oxygen atoms in total. The smallest absolute Gasteiger partial charge is 0.338 e. The van der Waals surface area contributed by atoms with Gasteiger partial charge in [0.05, 0.1) is 12.7 Å². The number of thiophene rings is 1. The maximum atomic E-state index is 11.5. The van der Waals surface area contributed by atoms with E-state index in [1.54, 1.807) is 0 Å². The summed E-state index contributed by atoms with van der Waals surface area (Å²) in [5.41, 5.74) is 2.64. The zero-order chi connectivity index (χ0) is 12.4. The van der Waals surface area contributed by atoms with Crippen LogP contribution in [0.25, 0.3) is 10.4 Å². The van der Waals surface area contributed by atoms with Gasteiger partial charge in [-0.1, -0.05) is 23.7 Å². The third-order valence-corrected chi connectivity index (χ3v) is 3.93.